The Morgan fingerprint density at radius 1 is 0.861 bits per heavy atom. The quantitative estimate of drug-likeness (QED) is 0.141. The van der Waals surface area contributed by atoms with E-state index < -0.39 is 11.9 Å². The van der Waals surface area contributed by atoms with Gasteiger partial charge in [0.25, 0.3) is 0 Å². The number of hydrogen-bond donors (Lipinski definition) is 0. The number of allylic oxidation sites excluding steroid dienone is 2. The molecule has 0 radical (unpaired) electrons. The second-order valence-electron chi connectivity index (χ2n) is 9.14. The van der Waals surface area contributed by atoms with Crippen LogP contribution < -0.4 is 0 Å². The van der Waals surface area contributed by atoms with Crippen molar-refractivity contribution < 1.29 is 19.1 Å². The van der Waals surface area contributed by atoms with Crippen LogP contribution in [0.5, 0.6) is 0 Å². The Balaban J connectivity index is 1.44. The number of rotatable bonds is 7. The molecule has 2 aromatic carbocycles. The van der Waals surface area contributed by atoms with Gasteiger partial charge in [0.2, 0.25) is 0 Å². The Kier molecular flexibility index (Phi) is 6.82. The number of ether oxygens (including phenoxy) is 2. The van der Waals surface area contributed by atoms with E-state index in [-0.39, 0.29) is 13.2 Å². The van der Waals surface area contributed by atoms with E-state index in [0.29, 0.717) is 11.1 Å². The van der Waals surface area contributed by atoms with Crippen molar-refractivity contribution >= 4 is 65.9 Å². The fourth-order valence-corrected chi connectivity index (χ4v) is 7.26. The van der Waals surface area contributed by atoms with Crippen LogP contribution in [-0.4, -0.2) is 25.2 Å². The van der Waals surface area contributed by atoms with Crippen molar-refractivity contribution in [2.24, 2.45) is 0 Å². The number of hydrogen-bond acceptors (Lipinski definition) is 6. The van der Waals surface area contributed by atoms with Gasteiger partial charge in [0, 0.05) is 35.5 Å². The summed E-state index contributed by atoms with van der Waals surface area (Å²) in [5.41, 5.74) is 6.47. The molecule has 2 aromatic heterocycles. The molecule has 0 amide bonds. The highest BCUT2D eigenvalue weighted by Crippen LogP contribution is 2.49. The van der Waals surface area contributed by atoms with Gasteiger partial charge in [-0.3, -0.25) is 0 Å². The lowest BCUT2D eigenvalue weighted by Crippen LogP contribution is -2.14. The number of fused-ring (bicyclic) bond motifs is 2. The molecule has 36 heavy (non-hydrogen) atoms. The number of esters is 2. The SMILES string of the molecule is C=C(C)C(=O)OCCOC(=O)c1ccc2c(C3=C(c4c(C)sc5ccccc45)CCC3)c(C)sc2c1. The smallest absolute Gasteiger partial charge is 0.338 e. The Morgan fingerprint density at radius 2 is 1.47 bits per heavy atom. The molecule has 0 N–H and O–H groups in total. The zero-order valence-electron chi connectivity index (χ0n) is 20.7. The largest absolute Gasteiger partial charge is 0.459 e. The van der Waals surface area contributed by atoms with Gasteiger partial charge in [-0.25, -0.2) is 9.59 Å². The molecular formula is C30H28O4S2. The van der Waals surface area contributed by atoms with Crippen molar-refractivity contribution in [2.45, 2.75) is 40.0 Å². The van der Waals surface area contributed by atoms with E-state index >= 15 is 0 Å². The fraction of sp³-hybridized carbons (Fsp3) is 0.267. The molecule has 1 aliphatic carbocycles. The van der Waals surface area contributed by atoms with Gasteiger partial charge in [-0.15, -0.1) is 22.7 Å². The van der Waals surface area contributed by atoms with Crippen LogP contribution in [0.3, 0.4) is 0 Å². The predicted octanol–water partition coefficient (Wildman–Crippen LogP) is 8.10. The maximum absolute atomic E-state index is 12.6. The Labute approximate surface area is 218 Å². The monoisotopic (exact) mass is 516 g/mol. The molecule has 6 heteroatoms. The molecule has 0 atom stereocenters. The summed E-state index contributed by atoms with van der Waals surface area (Å²) in [7, 11) is 0. The summed E-state index contributed by atoms with van der Waals surface area (Å²) < 4.78 is 12.7. The minimum Gasteiger partial charge on any atom is -0.459 e. The highest BCUT2D eigenvalue weighted by Gasteiger charge is 2.25. The van der Waals surface area contributed by atoms with E-state index in [1.54, 1.807) is 18.3 Å². The lowest BCUT2D eigenvalue weighted by molar-refractivity contribution is -0.140. The molecular weight excluding hydrogens is 488 g/mol. The van der Waals surface area contributed by atoms with E-state index in [2.05, 4.69) is 44.7 Å². The maximum Gasteiger partial charge on any atom is 0.338 e. The summed E-state index contributed by atoms with van der Waals surface area (Å²) in [6, 6.07) is 14.5. The Bertz CT molecular complexity index is 1550. The predicted molar refractivity (Wildman–Crippen MR) is 150 cm³/mol. The highest BCUT2D eigenvalue weighted by molar-refractivity contribution is 7.19. The summed E-state index contributed by atoms with van der Waals surface area (Å²) in [4.78, 5) is 26.7. The van der Waals surface area contributed by atoms with Gasteiger partial charge in [-0.1, -0.05) is 30.8 Å². The van der Waals surface area contributed by atoms with Gasteiger partial charge in [0.05, 0.1) is 5.56 Å². The minimum atomic E-state index is -0.486. The molecule has 184 valence electrons. The molecule has 0 aliphatic heterocycles. The van der Waals surface area contributed by atoms with Crippen molar-refractivity contribution in [3.05, 3.63) is 81.1 Å². The number of carbonyl (C=O) groups is 2. The van der Waals surface area contributed by atoms with Crippen molar-refractivity contribution in [3.8, 4) is 0 Å². The Hall–Kier alpha value is -3.22. The zero-order chi connectivity index (χ0) is 25.4. The summed E-state index contributed by atoms with van der Waals surface area (Å²) in [6.45, 7) is 9.54. The standard InChI is InChI=1S/C30H28O4S2/c1-17(2)29(31)33-14-15-34-30(32)20-12-13-24-26(16-20)36-19(4)28(24)22-10-7-9-21(22)27-18(3)35-25-11-6-5-8-23(25)27/h5-6,8,11-13,16H,1,7,9-10,14-15H2,2-4H3. The van der Waals surface area contributed by atoms with Gasteiger partial charge in [0.15, 0.2) is 0 Å². The third-order valence-corrected chi connectivity index (χ3v) is 8.75. The second kappa shape index (κ2) is 10.0. The summed E-state index contributed by atoms with van der Waals surface area (Å²) in [5.74, 6) is -0.905. The van der Waals surface area contributed by atoms with Crippen molar-refractivity contribution in [1.82, 2.24) is 0 Å². The van der Waals surface area contributed by atoms with E-state index in [9.17, 15) is 9.59 Å². The van der Waals surface area contributed by atoms with Crippen molar-refractivity contribution in [1.29, 1.82) is 0 Å². The van der Waals surface area contributed by atoms with Crippen LogP contribution in [0.25, 0.3) is 31.3 Å². The molecule has 4 nitrogen and oxygen atoms in total. The third-order valence-electron chi connectivity index (χ3n) is 6.59. The van der Waals surface area contributed by atoms with Gasteiger partial charge >= 0.3 is 11.9 Å². The summed E-state index contributed by atoms with van der Waals surface area (Å²) in [5, 5.41) is 2.54. The molecule has 0 saturated carbocycles. The van der Waals surface area contributed by atoms with E-state index in [0.717, 1.165) is 24.0 Å². The van der Waals surface area contributed by atoms with Crippen LogP contribution in [0, 0.1) is 13.8 Å². The van der Waals surface area contributed by atoms with Crippen molar-refractivity contribution in [2.75, 3.05) is 13.2 Å². The number of carbonyl (C=O) groups excluding carboxylic acids is 2. The molecule has 5 rings (SSSR count). The second-order valence-corrected chi connectivity index (χ2v) is 11.6. The molecule has 4 aromatic rings. The van der Waals surface area contributed by atoms with Crippen LogP contribution >= 0.6 is 22.7 Å². The first-order valence-electron chi connectivity index (χ1n) is 12.1. The van der Waals surface area contributed by atoms with Gasteiger partial charge in [-0.2, -0.15) is 0 Å². The first-order valence-corrected chi connectivity index (χ1v) is 13.7. The van der Waals surface area contributed by atoms with Crippen molar-refractivity contribution in [3.63, 3.8) is 0 Å². The molecule has 0 spiro atoms. The number of thiophene rings is 2. The average molecular weight is 517 g/mol. The first kappa shape index (κ1) is 24.5. The summed E-state index contributed by atoms with van der Waals surface area (Å²) >= 11 is 3.60. The van der Waals surface area contributed by atoms with Crippen LogP contribution in [0.15, 0.2) is 54.6 Å². The fourth-order valence-electron chi connectivity index (χ4n) is 5.03. The van der Waals surface area contributed by atoms with E-state index in [1.807, 2.05) is 29.5 Å². The normalized spacial score (nSPS) is 13.5. The molecule has 0 unspecified atom stereocenters. The third kappa shape index (κ3) is 4.51. The molecule has 2 heterocycles. The molecule has 0 bridgehead atoms. The van der Waals surface area contributed by atoms with Crippen LogP contribution in [0.1, 0.15) is 57.4 Å². The van der Waals surface area contributed by atoms with Gasteiger partial charge < -0.3 is 9.47 Å². The number of aryl methyl sites for hydroxylation is 2. The minimum absolute atomic E-state index is 0.00873. The topological polar surface area (TPSA) is 52.6 Å². The van der Waals surface area contributed by atoms with Crippen LogP contribution in [0.2, 0.25) is 0 Å². The molecule has 0 fully saturated rings. The molecule has 1 aliphatic rings. The van der Waals surface area contributed by atoms with E-state index in [1.165, 1.54) is 47.5 Å². The van der Waals surface area contributed by atoms with Crippen LogP contribution in [-0.2, 0) is 14.3 Å². The van der Waals surface area contributed by atoms with Crippen LogP contribution in [0.4, 0.5) is 0 Å². The lowest BCUT2D eigenvalue weighted by atomic mass is 9.93. The lowest BCUT2D eigenvalue weighted by Gasteiger charge is -2.10. The average Bonchev–Trinajstić information content (AvgIpc) is 3.54. The maximum atomic E-state index is 12.6. The zero-order valence-corrected chi connectivity index (χ0v) is 22.4. The highest BCUT2D eigenvalue weighted by atomic mass is 32.1. The first-order chi connectivity index (χ1) is 17.3. The van der Waals surface area contributed by atoms with Gasteiger partial charge in [0.1, 0.15) is 13.2 Å². The summed E-state index contributed by atoms with van der Waals surface area (Å²) in [6.07, 6.45) is 3.32. The Morgan fingerprint density at radius 3 is 2.17 bits per heavy atom. The molecule has 0 saturated heterocycles. The van der Waals surface area contributed by atoms with E-state index in [4.69, 9.17) is 9.47 Å². The number of benzene rings is 2. The van der Waals surface area contributed by atoms with Gasteiger partial charge in [-0.05, 0) is 80.5 Å².